The van der Waals surface area contributed by atoms with Crippen molar-refractivity contribution in [1.82, 2.24) is 14.9 Å². The highest BCUT2D eigenvalue weighted by Gasteiger charge is 2.41. The van der Waals surface area contributed by atoms with E-state index in [1.54, 1.807) is 0 Å². The number of carboxylic acid groups (broad SMARTS) is 3. The second kappa shape index (κ2) is 16.8. The lowest BCUT2D eigenvalue weighted by atomic mass is 9.90. The second-order valence-corrected chi connectivity index (χ2v) is 9.23. The first kappa shape index (κ1) is 38.8. The molecular weight excluding hydrogens is 639 g/mol. The summed E-state index contributed by atoms with van der Waals surface area (Å²) >= 11 is 0. The molecule has 3 N–H and O–H groups in total. The van der Waals surface area contributed by atoms with Crippen LogP contribution in [0.2, 0.25) is 0 Å². The van der Waals surface area contributed by atoms with E-state index in [-0.39, 0.29) is 5.60 Å². The van der Waals surface area contributed by atoms with Gasteiger partial charge in [-0.05, 0) is 36.6 Å². The van der Waals surface area contributed by atoms with E-state index in [9.17, 15) is 39.5 Å². The van der Waals surface area contributed by atoms with Gasteiger partial charge in [-0.3, -0.25) is 9.88 Å². The third-order valence-electron chi connectivity index (χ3n) is 5.70. The van der Waals surface area contributed by atoms with Gasteiger partial charge in [-0.15, -0.1) is 0 Å². The fourth-order valence-corrected chi connectivity index (χ4v) is 3.89. The number of pyridine rings is 2. The largest absolute Gasteiger partial charge is 0.490 e. The highest BCUT2D eigenvalue weighted by Crippen LogP contribution is 2.31. The minimum absolute atomic E-state index is 0.0732. The third-order valence-corrected chi connectivity index (χ3v) is 5.70. The second-order valence-electron chi connectivity index (χ2n) is 9.23. The average molecular weight is 666 g/mol. The molecule has 1 spiro atoms. The molecule has 45 heavy (non-hydrogen) atoms. The summed E-state index contributed by atoms with van der Waals surface area (Å²) in [4.78, 5) is 40.3. The molecule has 20 heteroatoms. The minimum Gasteiger partial charge on any atom is -0.475 e. The van der Waals surface area contributed by atoms with E-state index in [1.165, 1.54) is 5.56 Å². The molecule has 2 aliphatic heterocycles. The van der Waals surface area contributed by atoms with Gasteiger partial charge in [-0.2, -0.15) is 39.5 Å². The highest BCUT2D eigenvalue weighted by molar-refractivity contribution is 5.73. The summed E-state index contributed by atoms with van der Waals surface area (Å²) in [6, 6.07) is 10.3. The molecule has 4 heterocycles. The molecular formula is C25H27F9N4O7. The van der Waals surface area contributed by atoms with Gasteiger partial charge in [-0.1, -0.05) is 12.1 Å². The van der Waals surface area contributed by atoms with Gasteiger partial charge in [0.2, 0.25) is 0 Å². The maximum Gasteiger partial charge on any atom is 0.490 e. The number of aromatic nitrogens is 2. The predicted octanol–water partition coefficient (Wildman–Crippen LogP) is 4.25. The van der Waals surface area contributed by atoms with Crippen LogP contribution in [0.5, 0.6) is 0 Å². The number of nitrogens with zero attached hydrogens (tertiary/aromatic N) is 4. The predicted molar refractivity (Wildman–Crippen MR) is 135 cm³/mol. The summed E-state index contributed by atoms with van der Waals surface area (Å²) in [7, 11) is 0. The van der Waals surface area contributed by atoms with Gasteiger partial charge in [-0.25, -0.2) is 19.4 Å². The minimum atomic E-state index is -5.08. The van der Waals surface area contributed by atoms with Crippen molar-refractivity contribution in [1.29, 1.82) is 0 Å². The number of alkyl halides is 9. The quantitative estimate of drug-likeness (QED) is 0.403. The molecule has 0 bridgehead atoms. The molecule has 2 saturated heterocycles. The van der Waals surface area contributed by atoms with Crippen molar-refractivity contribution in [2.75, 3.05) is 37.7 Å². The lowest BCUT2D eigenvalue weighted by Crippen LogP contribution is -2.59. The van der Waals surface area contributed by atoms with Crippen molar-refractivity contribution in [2.24, 2.45) is 0 Å². The Balaban J connectivity index is 0.000000396. The smallest absolute Gasteiger partial charge is 0.475 e. The van der Waals surface area contributed by atoms with Crippen LogP contribution in [0.4, 0.5) is 45.3 Å². The molecule has 0 saturated carbocycles. The zero-order valence-corrected chi connectivity index (χ0v) is 22.9. The molecule has 2 aromatic rings. The molecule has 252 valence electrons. The summed E-state index contributed by atoms with van der Waals surface area (Å²) in [5.41, 5.74) is 1.20. The van der Waals surface area contributed by atoms with Crippen molar-refractivity contribution in [2.45, 2.75) is 43.5 Å². The Labute approximate surface area is 248 Å². The van der Waals surface area contributed by atoms with Crippen LogP contribution in [0.3, 0.4) is 0 Å². The van der Waals surface area contributed by atoms with Gasteiger partial charge in [0.1, 0.15) is 5.82 Å². The van der Waals surface area contributed by atoms with Crippen molar-refractivity contribution in [3.63, 3.8) is 0 Å². The molecule has 2 fully saturated rings. The van der Waals surface area contributed by atoms with Crippen LogP contribution in [0.1, 0.15) is 18.4 Å². The lowest BCUT2D eigenvalue weighted by Gasteiger charge is -2.48. The van der Waals surface area contributed by atoms with Crippen molar-refractivity contribution >= 4 is 23.7 Å². The van der Waals surface area contributed by atoms with Gasteiger partial charge in [0.25, 0.3) is 0 Å². The van der Waals surface area contributed by atoms with Crippen LogP contribution in [-0.4, -0.2) is 105 Å². The number of rotatable bonds is 3. The van der Waals surface area contributed by atoms with Crippen molar-refractivity contribution in [3.8, 4) is 0 Å². The lowest BCUT2D eigenvalue weighted by molar-refractivity contribution is -0.193. The number of carbonyl (C=O) groups is 3. The monoisotopic (exact) mass is 666 g/mol. The first-order valence-corrected chi connectivity index (χ1v) is 12.5. The highest BCUT2D eigenvalue weighted by atomic mass is 19.4. The molecule has 0 aliphatic carbocycles. The van der Waals surface area contributed by atoms with Crippen LogP contribution in [0, 0.1) is 0 Å². The first-order valence-electron chi connectivity index (χ1n) is 12.5. The Kier molecular flexibility index (Phi) is 14.5. The molecule has 2 aliphatic rings. The normalized spacial score (nSPS) is 18.6. The van der Waals surface area contributed by atoms with E-state index in [4.69, 9.17) is 34.4 Å². The molecule has 11 nitrogen and oxygen atoms in total. The van der Waals surface area contributed by atoms with E-state index in [1.807, 2.05) is 30.7 Å². The van der Waals surface area contributed by atoms with E-state index in [0.29, 0.717) is 0 Å². The molecule has 1 atom stereocenters. The van der Waals surface area contributed by atoms with Crippen molar-refractivity contribution < 1.29 is 74.0 Å². The van der Waals surface area contributed by atoms with Crippen LogP contribution in [0.25, 0.3) is 0 Å². The van der Waals surface area contributed by atoms with Gasteiger partial charge in [0.15, 0.2) is 0 Å². The Bertz CT molecular complexity index is 1160. The summed E-state index contributed by atoms with van der Waals surface area (Å²) in [6.45, 7) is 5.70. The number of anilines is 1. The van der Waals surface area contributed by atoms with Gasteiger partial charge >= 0.3 is 36.4 Å². The van der Waals surface area contributed by atoms with Gasteiger partial charge < -0.3 is 25.0 Å². The van der Waals surface area contributed by atoms with Crippen LogP contribution >= 0.6 is 0 Å². The number of ether oxygens (including phenoxy) is 1. The molecule has 0 aromatic carbocycles. The Hall–Kier alpha value is -4.20. The number of halogens is 9. The standard InChI is InChI=1S/C19H24N4O.3C2HF3O2/c1-2-9-21-18(6-1)23-10-4-7-19(16-23)15-22(11-12-24-19)14-17-5-3-8-20-13-17;3*3-2(4,5)1(6)7/h1-3,5-6,8-9,13H,4,7,10-12,14-16H2;3*(H,6,7). The molecule has 4 rings (SSSR count). The fraction of sp³-hybridized carbons (Fsp3) is 0.480. The van der Waals surface area contributed by atoms with Gasteiger partial charge in [0, 0.05) is 51.3 Å². The van der Waals surface area contributed by atoms with Crippen LogP contribution < -0.4 is 4.90 Å². The summed E-state index contributed by atoms with van der Waals surface area (Å²) in [5.74, 6) is -7.21. The van der Waals surface area contributed by atoms with Crippen LogP contribution in [0.15, 0.2) is 48.9 Å². The fourth-order valence-electron chi connectivity index (χ4n) is 3.89. The first-order chi connectivity index (χ1) is 20.7. The SMILES string of the molecule is O=C(O)C(F)(F)F.O=C(O)C(F)(F)F.O=C(O)C(F)(F)F.c1ccc(N2CCCC3(CN(Cc4cccnc4)CCO3)C2)nc1. The Morgan fingerprint density at radius 1 is 0.800 bits per heavy atom. The molecule has 2 aromatic heterocycles. The van der Waals surface area contributed by atoms with Crippen LogP contribution in [-0.2, 0) is 25.7 Å². The Morgan fingerprint density at radius 3 is 1.80 bits per heavy atom. The molecule has 0 radical (unpaired) electrons. The van der Waals surface area contributed by atoms with E-state index < -0.39 is 36.4 Å². The van der Waals surface area contributed by atoms with E-state index >= 15 is 0 Å². The number of hydrogen-bond donors (Lipinski definition) is 3. The Morgan fingerprint density at radius 2 is 1.36 bits per heavy atom. The summed E-state index contributed by atoms with van der Waals surface area (Å²) in [6.07, 6.45) is -7.32. The van der Waals surface area contributed by atoms with E-state index in [0.717, 1.165) is 58.0 Å². The maximum atomic E-state index is 10.6. The number of carboxylic acids is 3. The summed E-state index contributed by atoms with van der Waals surface area (Å²) in [5, 5.41) is 21.4. The topological polar surface area (TPSA) is 153 Å². The number of morpholine rings is 1. The number of piperidine rings is 1. The zero-order chi connectivity index (χ0) is 34.5. The van der Waals surface area contributed by atoms with E-state index in [2.05, 4.69) is 38.0 Å². The average Bonchev–Trinajstić information content (AvgIpc) is 2.94. The number of aliphatic carboxylic acids is 3. The molecule has 1 unspecified atom stereocenters. The van der Waals surface area contributed by atoms with Crippen molar-refractivity contribution in [3.05, 3.63) is 54.5 Å². The third kappa shape index (κ3) is 14.9. The number of hydrogen-bond acceptors (Lipinski definition) is 8. The zero-order valence-electron chi connectivity index (χ0n) is 22.9. The van der Waals surface area contributed by atoms with Gasteiger partial charge in [0.05, 0.1) is 12.2 Å². The molecule has 0 amide bonds. The maximum absolute atomic E-state index is 10.6. The summed E-state index contributed by atoms with van der Waals surface area (Å²) < 4.78 is 102.